The number of halogens is 6. The van der Waals surface area contributed by atoms with Gasteiger partial charge in [0.2, 0.25) is 0 Å². The number of benzene rings is 1. The molecule has 3 rings (SSSR count). The molecule has 4 atom stereocenters. The molecule has 1 aromatic carbocycles. The minimum atomic E-state index is -1.47. The summed E-state index contributed by atoms with van der Waals surface area (Å²) in [6, 6.07) is 9.52. The highest BCUT2D eigenvalue weighted by atomic mass is 35.5. The fourth-order valence-electron chi connectivity index (χ4n) is 2.75. The summed E-state index contributed by atoms with van der Waals surface area (Å²) in [5.74, 6) is 0. The summed E-state index contributed by atoms with van der Waals surface area (Å²) in [5, 5.41) is -1.31. The molecule has 4 unspecified atom stereocenters. The second-order valence-electron chi connectivity index (χ2n) is 4.78. The van der Waals surface area contributed by atoms with Gasteiger partial charge in [0.1, 0.15) is 9.75 Å². The Morgan fingerprint density at radius 1 is 0.842 bits per heavy atom. The average Bonchev–Trinajstić information content (AvgIpc) is 2.62. The molecular formula is C13H8Cl6. The molecule has 0 amide bonds. The predicted octanol–water partition coefficient (Wildman–Crippen LogP) is 5.44. The molecule has 102 valence electrons. The number of fused-ring (bicyclic) bond motifs is 2. The SMILES string of the molecule is ClC1C(Cl)C2(Cl)C(c3ccccc3)=CC1(Cl)C2(Cl)Cl. The van der Waals surface area contributed by atoms with Gasteiger partial charge in [0.25, 0.3) is 0 Å². The standard InChI is InChI=1S/C13H8Cl6/c14-9-10(15)12(17)8(7-4-2-1-3-5-7)6-11(9,16)13(12,18)19/h1-6,9-10H. The Bertz CT molecular complexity index is 554. The summed E-state index contributed by atoms with van der Waals surface area (Å²) in [4.78, 5) is -2.40. The maximum atomic E-state index is 6.69. The van der Waals surface area contributed by atoms with Crippen LogP contribution in [0.25, 0.3) is 5.57 Å². The van der Waals surface area contributed by atoms with Gasteiger partial charge in [-0.25, -0.2) is 0 Å². The third kappa shape index (κ3) is 1.57. The van der Waals surface area contributed by atoms with Gasteiger partial charge in [0.15, 0.2) is 4.33 Å². The smallest absolute Gasteiger partial charge is 0.119 e. The maximum absolute atomic E-state index is 6.69. The van der Waals surface area contributed by atoms with Crippen molar-refractivity contribution >= 4 is 75.2 Å². The van der Waals surface area contributed by atoms with E-state index < -0.39 is 24.8 Å². The highest BCUT2D eigenvalue weighted by Gasteiger charge is 2.79. The second kappa shape index (κ2) is 4.35. The lowest BCUT2D eigenvalue weighted by Gasteiger charge is -2.33. The molecule has 2 aliphatic carbocycles. The molecule has 0 radical (unpaired) electrons. The minimum Gasteiger partial charge on any atom is -0.119 e. The van der Waals surface area contributed by atoms with Gasteiger partial charge in [0, 0.05) is 0 Å². The fraction of sp³-hybridized carbons (Fsp3) is 0.385. The molecule has 0 N–H and O–H groups in total. The molecule has 2 bridgehead atoms. The van der Waals surface area contributed by atoms with E-state index in [0.29, 0.717) is 0 Å². The number of rotatable bonds is 1. The van der Waals surface area contributed by atoms with E-state index in [1.165, 1.54) is 0 Å². The van der Waals surface area contributed by atoms with E-state index in [4.69, 9.17) is 69.6 Å². The van der Waals surface area contributed by atoms with Crippen LogP contribution in [0.1, 0.15) is 5.56 Å². The zero-order valence-electron chi connectivity index (χ0n) is 9.39. The average molecular weight is 377 g/mol. The Morgan fingerprint density at radius 3 is 1.89 bits per heavy atom. The van der Waals surface area contributed by atoms with Crippen molar-refractivity contribution in [3.8, 4) is 0 Å². The first-order valence-corrected chi connectivity index (χ1v) is 7.98. The Balaban J connectivity index is 2.24. The normalized spacial score (nSPS) is 43.4. The Morgan fingerprint density at radius 2 is 1.42 bits per heavy atom. The van der Waals surface area contributed by atoms with Gasteiger partial charge in [0.05, 0.1) is 10.8 Å². The fourth-order valence-corrected chi connectivity index (χ4v) is 5.66. The summed E-state index contributed by atoms with van der Waals surface area (Å²) in [7, 11) is 0. The van der Waals surface area contributed by atoms with E-state index >= 15 is 0 Å². The third-order valence-corrected chi connectivity index (χ3v) is 8.29. The quantitative estimate of drug-likeness (QED) is 0.572. The van der Waals surface area contributed by atoms with Gasteiger partial charge in [-0.1, -0.05) is 59.6 Å². The van der Waals surface area contributed by atoms with E-state index in [1.54, 1.807) is 6.08 Å². The molecule has 1 saturated carbocycles. The molecule has 1 fully saturated rings. The van der Waals surface area contributed by atoms with Gasteiger partial charge in [-0.15, -0.1) is 46.4 Å². The van der Waals surface area contributed by atoms with Gasteiger partial charge < -0.3 is 0 Å². The summed E-state index contributed by atoms with van der Waals surface area (Å²) >= 11 is 38.7. The van der Waals surface area contributed by atoms with E-state index in [-0.39, 0.29) is 0 Å². The van der Waals surface area contributed by atoms with Crippen molar-refractivity contribution in [2.75, 3.05) is 0 Å². The molecular weight excluding hydrogens is 369 g/mol. The van der Waals surface area contributed by atoms with Crippen LogP contribution in [-0.4, -0.2) is 24.8 Å². The van der Waals surface area contributed by atoms with E-state index in [0.717, 1.165) is 11.1 Å². The highest BCUT2D eigenvalue weighted by molar-refractivity contribution is 6.65. The van der Waals surface area contributed by atoms with Crippen LogP contribution in [0.4, 0.5) is 0 Å². The van der Waals surface area contributed by atoms with E-state index in [2.05, 4.69) is 0 Å². The van der Waals surface area contributed by atoms with Crippen LogP contribution >= 0.6 is 69.6 Å². The van der Waals surface area contributed by atoms with Crippen molar-refractivity contribution in [1.29, 1.82) is 0 Å². The summed E-state index contributed by atoms with van der Waals surface area (Å²) in [6.45, 7) is 0. The molecule has 6 heteroatoms. The lowest BCUT2D eigenvalue weighted by Crippen LogP contribution is -2.44. The zero-order valence-corrected chi connectivity index (χ0v) is 13.9. The monoisotopic (exact) mass is 374 g/mol. The van der Waals surface area contributed by atoms with Crippen molar-refractivity contribution in [3.63, 3.8) is 0 Å². The molecule has 2 aliphatic rings. The van der Waals surface area contributed by atoms with Crippen LogP contribution < -0.4 is 0 Å². The largest absolute Gasteiger partial charge is 0.166 e. The molecule has 0 aliphatic heterocycles. The lowest BCUT2D eigenvalue weighted by atomic mass is 9.90. The first-order valence-electron chi connectivity index (χ1n) is 5.59. The molecule has 0 aromatic heterocycles. The summed E-state index contributed by atoms with van der Waals surface area (Å²) < 4.78 is -1.47. The Labute approximate surface area is 141 Å². The molecule has 0 saturated heterocycles. The lowest BCUT2D eigenvalue weighted by molar-refractivity contribution is 0.698. The number of hydrogen-bond acceptors (Lipinski definition) is 0. The molecule has 1 aromatic rings. The Hall–Kier alpha value is 0.700. The number of allylic oxidation sites excluding steroid dienone is 2. The van der Waals surface area contributed by atoms with Gasteiger partial charge in [-0.2, -0.15) is 0 Å². The van der Waals surface area contributed by atoms with Gasteiger partial charge in [-0.05, 0) is 11.1 Å². The van der Waals surface area contributed by atoms with E-state index in [9.17, 15) is 0 Å². The van der Waals surface area contributed by atoms with Crippen LogP contribution in [0, 0.1) is 0 Å². The molecule has 0 spiro atoms. The van der Waals surface area contributed by atoms with Crippen LogP contribution in [-0.2, 0) is 0 Å². The van der Waals surface area contributed by atoms with Crippen LogP contribution in [0.15, 0.2) is 36.4 Å². The topological polar surface area (TPSA) is 0 Å². The molecule has 19 heavy (non-hydrogen) atoms. The first-order chi connectivity index (χ1) is 8.77. The van der Waals surface area contributed by atoms with Gasteiger partial charge in [-0.3, -0.25) is 0 Å². The molecule has 0 heterocycles. The first kappa shape index (κ1) is 14.6. The number of hydrogen-bond donors (Lipinski definition) is 0. The van der Waals surface area contributed by atoms with Crippen molar-refractivity contribution in [3.05, 3.63) is 42.0 Å². The van der Waals surface area contributed by atoms with Crippen molar-refractivity contribution in [2.45, 2.75) is 24.8 Å². The summed E-state index contributed by atoms with van der Waals surface area (Å²) in [6.07, 6.45) is 1.74. The maximum Gasteiger partial charge on any atom is 0.166 e. The third-order valence-electron chi connectivity index (χ3n) is 3.81. The van der Waals surface area contributed by atoms with Crippen LogP contribution in [0.2, 0.25) is 0 Å². The van der Waals surface area contributed by atoms with Crippen molar-refractivity contribution in [1.82, 2.24) is 0 Å². The van der Waals surface area contributed by atoms with Crippen molar-refractivity contribution in [2.24, 2.45) is 0 Å². The van der Waals surface area contributed by atoms with Crippen LogP contribution in [0.3, 0.4) is 0 Å². The minimum absolute atomic E-state index is 0.643. The van der Waals surface area contributed by atoms with Gasteiger partial charge >= 0.3 is 0 Å². The highest BCUT2D eigenvalue weighted by Crippen LogP contribution is 2.72. The second-order valence-corrected chi connectivity index (χ2v) is 8.27. The molecule has 0 nitrogen and oxygen atoms in total. The number of alkyl halides is 6. The summed E-state index contributed by atoms with van der Waals surface area (Å²) in [5.41, 5.74) is 1.62. The Kier molecular flexibility index (Phi) is 3.35. The predicted molar refractivity (Wildman–Crippen MR) is 85.3 cm³/mol. The van der Waals surface area contributed by atoms with Crippen molar-refractivity contribution < 1.29 is 0 Å². The van der Waals surface area contributed by atoms with Crippen LogP contribution in [0.5, 0.6) is 0 Å². The van der Waals surface area contributed by atoms with E-state index in [1.807, 2.05) is 30.3 Å². The zero-order chi connectivity index (χ0) is 14.1.